The second-order valence-corrected chi connectivity index (χ2v) is 8.14. The summed E-state index contributed by atoms with van der Waals surface area (Å²) in [6, 6.07) is 0. The molecule has 1 aliphatic carbocycles. The molecule has 1 aliphatic heterocycles. The van der Waals surface area contributed by atoms with Gasteiger partial charge in [-0.1, -0.05) is 71.9 Å². The first-order valence-corrected chi connectivity index (χ1v) is 8.56. The fourth-order valence-electron chi connectivity index (χ4n) is 3.63. The highest BCUT2D eigenvalue weighted by Crippen LogP contribution is 2.39. The average molecular weight is 297 g/mol. The maximum absolute atomic E-state index is 4.59. The third kappa shape index (κ3) is 4.09. The maximum Gasteiger partial charge on any atom is 0.0229 e. The maximum atomic E-state index is 4.59. The van der Waals surface area contributed by atoms with Crippen LogP contribution in [0.3, 0.4) is 0 Å². The van der Waals surface area contributed by atoms with Crippen molar-refractivity contribution in [3.05, 3.63) is 47.7 Å². The normalized spacial score (nSPS) is 31.5. The number of allylic oxidation sites excluding steroid dienone is 7. The highest BCUT2D eigenvalue weighted by molar-refractivity contribution is 5.69. The predicted molar refractivity (Wildman–Crippen MR) is 98.1 cm³/mol. The van der Waals surface area contributed by atoms with Gasteiger partial charge in [-0.15, -0.1) is 0 Å². The van der Waals surface area contributed by atoms with Crippen molar-refractivity contribution in [3.8, 4) is 0 Å². The molecule has 0 fully saturated rings. The van der Waals surface area contributed by atoms with Gasteiger partial charge in [-0.3, -0.25) is 4.99 Å². The fraction of sp³-hybridized carbons (Fsp3) is 0.571. The summed E-state index contributed by atoms with van der Waals surface area (Å²) in [6.45, 7) is 13.8. The Hall–Kier alpha value is -1.37. The predicted octanol–water partition coefficient (Wildman–Crippen LogP) is 6.11. The molecule has 2 aliphatic rings. The molecule has 120 valence electrons. The lowest BCUT2D eigenvalue weighted by molar-refractivity contribution is 0.322. The van der Waals surface area contributed by atoms with E-state index >= 15 is 0 Å². The summed E-state index contributed by atoms with van der Waals surface area (Å²) in [4.78, 5) is 4.59. The van der Waals surface area contributed by atoms with Crippen LogP contribution >= 0.6 is 0 Å². The lowest BCUT2D eigenvalue weighted by atomic mass is 9.73. The van der Waals surface area contributed by atoms with Crippen molar-refractivity contribution in [2.45, 2.75) is 54.4 Å². The van der Waals surface area contributed by atoms with Crippen molar-refractivity contribution in [2.75, 3.05) is 0 Å². The van der Waals surface area contributed by atoms with Crippen LogP contribution in [0.2, 0.25) is 0 Å². The van der Waals surface area contributed by atoms with E-state index in [1.165, 1.54) is 17.6 Å². The molecule has 0 N–H and O–H groups in total. The van der Waals surface area contributed by atoms with Crippen LogP contribution in [0.15, 0.2) is 52.7 Å². The Bertz CT molecular complexity index is 552. The highest BCUT2D eigenvalue weighted by atomic mass is 14.7. The number of nitrogens with zero attached hydrogens (tertiary/aromatic N) is 1. The second-order valence-electron chi connectivity index (χ2n) is 8.14. The molecular weight excluding hydrogens is 266 g/mol. The van der Waals surface area contributed by atoms with Crippen LogP contribution in [0.1, 0.15) is 54.4 Å². The van der Waals surface area contributed by atoms with E-state index in [1.54, 1.807) is 0 Å². The van der Waals surface area contributed by atoms with Crippen LogP contribution in [0, 0.1) is 22.7 Å². The van der Waals surface area contributed by atoms with Crippen LogP contribution < -0.4 is 0 Å². The lowest BCUT2D eigenvalue weighted by Crippen LogP contribution is -2.24. The topological polar surface area (TPSA) is 12.4 Å². The molecule has 0 aromatic carbocycles. The molecule has 22 heavy (non-hydrogen) atoms. The Morgan fingerprint density at radius 1 is 1.18 bits per heavy atom. The molecule has 2 atom stereocenters. The third-order valence-electron chi connectivity index (χ3n) is 4.78. The standard InChI is InChI=1S/C21H31N/c1-7-17-9-8-10-20(3,4)14-18(17)19-15-22-12-11-21(5,6)13-16(19)2/h8-12,14-16,19H,7,13H2,1-6H3/b12-11-,22-15?/t16-,19?/m1/s1. The van der Waals surface area contributed by atoms with E-state index < -0.39 is 0 Å². The first kappa shape index (κ1) is 17.0. The van der Waals surface area contributed by atoms with Gasteiger partial charge in [0, 0.05) is 23.7 Å². The Morgan fingerprint density at radius 3 is 2.59 bits per heavy atom. The molecule has 0 aromatic heterocycles. The quantitative estimate of drug-likeness (QED) is 0.583. The smallest absolute Gasteiger partial charge is 0.0229 e. The second kappa shape index (κ2) is 6.40. The summed E-state index contributed by atoms with van der Waals surface area (Å²) >= 11 is 0. The Kier molecular flexibility index (Phi) is 4.94. The zero-order valence-electron chi connectivity index (χ0n) is 15.1. The SMILES string of the molecule is CCC1=CC=CC(C)(C)C=C1C1C=N/C=C\C(C)(C)C[C@H]1C. The van der Waals surface area contributed by atoms with Crippen molar-refractivity contribution >= 4 is 6.21 Å². The first-order chi connectivity index (χ1) is 10.2. The van der Waals surface area contributed by atoms with Gasteiger partial charge in [0.2, 0.25) is 0 Å². The van der Waals surface area contributed by atoms with Gasteiger partial charge in [-0.25, -0.2) is 0 Å². The molecule has 0 bridgehead atoms. The van der Waals surface area contributed by atoms with Gasteiger partial charge in [0.1, 0.15) is 0 Å². The summed E-state index contributed by atoms with van der Waals surface area (Å²) in [7, 11) is 0. The monoisotopic (exact) mass is 297 g/mol. The molecule has 1 heteroatoms. The number of rotatable bonds is 2. The van der Waals surface area contributed by atoms with Crippen molar-refractivity contribution < 1.29 is 0 Å². The summed E-state index contributed by atoms with van der Waals surface area (Å²) in [6.07, 6.45) is 17.9. The summed E-state index contributed by atoms with van der Waals surface area (Å²) in [5.74, 6) is 0.980. The molecule has 1 heterocycles. The molecule has 0 spiro atoms. The first-order valence-electron chi connectivity index (χ1n) is 8.56. The highest BCUT2D eigenvalue weighted by Gasteiger charge is 2.29. The van der Waals surface area contributed by atoms with Gasteiger partial charge in [0.25, 0.3) is 0 Å². The molecule has 0 saturated carbocycles. The van der Waals surface area contributed by atoms with E-state index in [1.807, 2.05) is 6.20 Å². The van der Waals surface area contributed by atoms with E-state index in [9.17, 15) is 0 Å². The van der Waals surface area contributed by atoms with Gasteiger partial charge in [0.05, 0.1) is 0 Å². The Balaban J connectivity index is 2.44. The minimum Gasteiger partial charge on any atom is -0.269 e. The van der Waals surface area contributed by atoms with Crippen LogP contribution in [0.25, 0.3) is 0 Å². The van der Waals surface area contributed by atoms with Gasteiger partial charge >= 0.3 is 0 Å². The summed E-state index contributed by atoms with van der Waals surface area (Å²) < 4.78 is 0. The zero-order valence-corrected chi connectivity index (χ0v) is 15.1. The van der Waals surface area contributed by atoms with E-state index in [0.29, 0.717) is 11.8 Å². The van der Waals surface area contributed by atoms with Crippen LogP contribution in [0.5, 0.6) is 0 Å². The minimum absolute atomic E-state index is 0.101. The van der Waals surface area contributed by atoms with Crippen LogP contribution in [-0.4, -0.2) is 6.21 Å². The Labute approximate surface area is 136 Å². The van der Waals surface area contributed by atoms with Crippen LogP contribution in [0.4, 0.5) is 0 Å². The molecular formula is C21H31N. The molecule has 0 amide bonds. The molecule has 0 radical (unpaired) electrons. The van der Waals surface area contributed by atoms with Gasteiger partial charge in [-0.05, 0) is 35.3 Å². The average Bonchev–Trinajstić information content (AvgIpc) is 2.54. The van der Waals surface area contributed by atoms with E-state index in [4.69, 9.17) is 0 Å². The van der Waals surface area contributed by atoms with E-state index in [0.717, 1.165) is 6.42 Å². The van der Waals surface area contributed by atoms with Crippen molar-refractivity contribution in [1.82, 2.24) is 0 Å². The Morgan fingerprint density at radius 2 is 1.91 bits per heavy atom. The van der Waals surface area contributed by atoms with Gasteiger partial charge in [0.15, 0.2) is 0 Å². The van der Waals surface area contributed by atoms with Crippen molar-refractivity contribution in [3.63, 3.8) is 0 Å². The van der Waals surface area contributed by atoms with Gasteiger partial charge < -0.3 is 0 Å². The molecule has 1 nitrogen and oxygen atoms in total. The number of aliphatic imine (C=N–C) groups is 1. The third-order valence-corrected chi connectivity index (χ3v) is 4.78. The van der Waals surface area contributed by atoms with E-state index in [-0.39, 0.29) is 10.8 Å². The molecule has 0 aromatic rings. The molecule has 0 saturated heterocycles. The summed E-state index contributed by atoms with van der Waals surface area (Å²) in [5, 5.41) is 0. The molecule has 1 unspecified atom stereocenters. The number of hydrogen-bond donors (Lipinski definition) is 0. The minimum atomic E-state index is 0.101. The summed E-state index contributed by atoms with van der Waals surface area (Å²) in [5.41, 5.74) is 3.24. The number of hydrogen-bond acceptors (Lipinski definition) is 1. The van der Waals surface area contributed by atoms with Crippen molar-refractivity contribution in [1.29, 1.82) is 0 Å². The van der Waals surface area contributed by atoms with Gasteiger partial charge in [-0.2, -0.15) is 0 Å². The fourth-order valence-corrected chi connectivity index (χ4v) is 3.63. The van der Waals surface area contributed by atoms with Crippen molar-refractivity contribution in [2.24, 2.45) is 27.7 Å². The molecule has 2 rings (SSSR count). The lowest BCUT2D eigenvalue weighted by Gasteiger charge is -2.32. The van der Waals surface area contributed by atoms with Crippen LogP contribution in [-0.2, 0) is 0 Å². The largest absolute Gasteiger partial charge is 0.269 e. The zero-order chi connectivity index (χ0) is 16.4. The van der Waals surface area contributed by atoms with E-state index in [2.05, 4.69) is 83.1 Å².